The predicted octanol–water partition coefficient (Wildman–Crippen LogP) is -0.0652. The molecular weight excluding hydrogens is 330 g/mol. The second-order valence-electron chi connectivity index (χ2n) is 6.61. The van der Waals surface area contributed by atoms with Gasteiger partial charge in [-0.2, -0.15) is 0 Å². The van der Waals surface area contributed by atoms with E-state index in [9.17, 15) is 24.3 Å². The van der Waals surface area contributed by atoms with Crippen molar-refractivity contribution >= 4 is 23.8 Å². The van der Waals surface area contributed by atoms with Crippen LogP contribution in [0.3, 0.4) is 0 Å². The summed E-state index contributed by atoms with van der Waals surface area (Å²) in [6, 6.07) is -3.35. The van der Waals surface area contributed by atoms with E-state index in [-0.39, 0.29) is 18.3 Å². The first-order valence-electron chi connectivity index (χ1n) is 8.30. The molecule has 0 fully saturated rings. The van der Waals surface area contributed by atoms with Crippen LogP contribution in [0.25, 0.3) is 0 Å². The predicted molar refractivity (Wildman–Crippen MR) is 90.6 cm³/mol. The van der Waals surface area contributed by atoms with Gasteiger partial charge in [0.1, 0.15) is 12.1 Å². The average Bonchev–Trinajstić information content (AvgIpc) is 2.49. The van der Waals surface area contributed by atoms with Crippen LogP contribution in [0.5, 0.6) is 0 Å². The molecule has 0 heterocycles. The summed E-state index contributed by atoms with van der Waals surface area (Å²) in [7, 11) is 0. The van der Waals surface area contributed by atoms with Crippen molar-refractivity contribution < 1.29 is 29.4 Å². The fourth-order valence-corrected chi connectivity index (χ4v) is 2.20. The van der Waals surface area contributed by atoms with Gasteiger partial charge in [-0.25, -0.2) is 4.79 Å². The molecular formula is C16H29N3O6. The van der Waals surface area contributed by atoms with Crippen LogP contribution in [0.4, 0.5) is 0 Å². The van der Waals surface area contributed by atoms with Crippen molar-refractivity contribution in [2.24, 2.45) is 17.6 Å². The van der Waals surface area contributed by atoms with Gasteiger partial charge in [-0.3, -0.25) is 14.4 Å². The minimum Gasteiger partial charge on any atom is -0.481 e. The maximum absolute atomic E-state index is 12.4. The van der Waals surface area contributed by atoms with Crippen LogP contribution in [0.15, 0.2) is 0 Å². The quantitative estimate of drug-likeness (QED) is 0.345. The van der Waals surface area contributed by atoms with Crippen LogP contribution in [-0.2, 0) is 19.2 Å². The third-order valence-electron chi connectivity index (χ3n) is 3.85. The lowest BCUT2D eigenvalue weighted by molar-refractivity contribution is -0.144. The smallest absolute Gasteiger partial charge is 0.326 e. The molecule has 0 spiro atoms. The van der Waals surface area contributed by atoms with E-state index >= 15 is 0 Å². The van der Waals surface area contributed by atoms with Gasteiger partial charge in [0.2, 0.25) is 11.8 Å². The number of hydrogen-bond acceptors (Lipinski definition) is 5. The second-order valence-corrected chi connectivity index (χ2v) is 6.61. The Morgan fingerprint density at radius 3 is 1.96 bits per heavy atom. The normalized spacial score (nSPS) is 15.8. The molecule has 9 nitrogen and oxygen atoms in total. The zero-order valence-corrected chi connectivity index (χ0v) is 15.1. The number of carboxylic acids is 2. The molecule has 0 aromatic carbocycles. The minimum atomic E-state index is -1.29. The topological polar surface area (TPSA) is 159 Å². The molecule has 0 bridgehead atoms. The highest BCUT2D eigenvalue weighted by molar-refractivity contribution is 5.92. The van der Waals surface area contributed by atoms with Crippen LogP contribution in [0.1, 0.15) is 47.0 Å². The van der Waals surface area contributed by atoms with Crippen LogP contribution in [-0.4, -0.2) is 52.1 Å². The molecule has 0 rings (SSSR count). The Balaban J connectivity index is 5.11. The molecule has 144 valence electrons. The molecule has 2 amide bonds. The first kappa shape index (κ1) is 22.8. The van der Waals surface area contributed by atoms with Crippen molar-refractivity contribution in [2.75, 3.05) is 0 Å². The molecule has 0 saturated heterocycles. The molecule has 0 aliphatic heterocycles. The third-order valence-corrected chi connectivity index (χ3v) is 3.85. The summed E-state index contributed by atoms with van der Waals surface area (Å²) in [6.45, 7) is 7.20. The number of amides is 2. The summed E-state index contributed by atoms with van der Waals surface area (Å²) in [6.07, 6.45) is 0.263. The molecule has 9 heteroatoms. The number of aliphatic carboxylic acids is 2. The Morgan fingerprint density at radius 2 is 1.56 bits per heavy atom. The van der Waals surface area contributed by atoms with Gasteiger partial charge in [0, 0.05) is 0 Å². The molecule has 0 aromatic rings. The van der Waals surface area contributed by atoms with E-state index < -0.39 is 48.3 Å². The summed E-state index contributed by atoms with van der Waals surface area (Å²) >= 11 is 0. The van der Waals surface area contributed by atoms with Crippen molar-refractivity contribution in [1.29, 1.82) is 0 Å². The van der Waals surface area contributed by atoms with Crippen molar-refractivity contribution in [3.05, 3.63) is 0 Å². The number of carbonyl (C=O) groups excluding carboxylic acids is 2. The Hall–Kier alpha value is -2.16. The van der Waals surface area contributed by atoms with Crippen molar-refractivity contribution in [1.82, 2.24) is 10.6 Å². The zero-order valence-electron chi connectivity index (χ0n) is 15.1. The molecule has 0 aromatic heterocycles. The highest BCUT2D eigenvalue weighted by Gasteiger charge is 2.31. The number of rotatable bonds is 11. The number of nitrogens with two attached hydrogens (primary N) is 1. The van der Waals surface area contributed by atoms with Crippen LogP contribution < -0.4 is 16.4 Å². The molecule has 4 unspecified atom stereocenters. The first-order valence-corrected chi connectivity index (χ1v) is 8.30. The number of hydrogen-bond donors (Lipinski definition) is 5. The van der Waals surface area contributed by atoms with Crippen molar-refractivity contribution in [2.45, 2.75) is 65.1 Å². The number of carboxylic acid groups (broad SMARTS) is 2. The summed E-state index contributed by atoms with van der Waals surface area (Å²) < 4.78 is 0. The van der Waals surface area contributed by atoms with E-state index in [0.29, 0.717) is 6.42 Å². The zero-order chi connectivity index (χ0) is 19.7. The van der Waals surface area contributed by atoms with Gasteiger partial charge < -0.3 is 26.6 Å². The molecule has 6 N–H and O–H groups in total. The van der Waals surface area contributed by atoms with Gasteiger partial charge >= 0.3 is 11.9 Å². The molecule has 0 aliphatic rings. The van der Waals surface area contributed by atoms with Crippen LogP contribution in [0.2, 0.25) is 0 Å². The summed E-state index contributed by atoms with van der Waals surface area (Å²) in [4.78, 5) is 46.4. The average molecular weight is 359 g/mol. The summed E-state index contributed by atoms with van der Waals surface area (Å²) in [5.41, 5.74) is 5.50. The van der Waals surface area contributed by atoms with Gasteiger partial charge in [-0.15, -0.1) is 0 Å². The van der Waals surface area contributed by atoms with E-state index in [0.717, 1.165) is 0 Å². The molecule has 0 aliphatic carbocycles. The van der Waals surface area contributed by atoms with E-state index in [1.165, 1.54) is 0 Å². The minimum absolute atomic E-state index is 0.0404. The summed E-state index contributed by atoms with van der Waals surface area (Å²) in [5, 5.41) is 22.8. The Kier molecular flexibility index (Phi) is 9.73. The lowest BCUT2D eigenvalue weighted by atomic mass is 9.97. The van der Waals surface area contributed by atoms with E-state index in [2.05, 4.69) is 10.6 Å². The molecule has 0 saturated carbocycles. The number of carbonyl (C=O) groups is 4. The van der Waals surface area contributed by atoms with Gasteiger partial charge in [0.25, 0.3) is 0 Å². The highest BCUT2D eigenvalue weighted by Crippen LogP contribution is 2.11. The Bertz CT molecular complexity index is 494. The van der Waals surface area contributed by atoms with Crippen molar-refractivity contribution in [3.63, 3.8) is 0 Å². The molecule has 0 radical (unpaired) electrons. The van der Waals surface area contributed by atoms with Crippen LogP contribution in [0, 0.1) is 11.8 Å². The maximum Gasteiger partial charge on any atom is 0.326 e. The standard InChI is InChI=1S/C16H29N3O6/c1-5-9(4)13(16(24)25)19-15(23)11(6-8(2)3)18-14(22)10(17)7-12(20)21/h8-11,13H,5-7,17H2,1-4H3,(H,18,22)(H,19,23)(H,20,21)(H,24,25). The fourth-order valence-electron chi connectivity index (χ4n) is 2.20. The van der Waals surface area contributed by atoms with E-state index in [4.69, 9.17) is 10.8 Å². The Morgan fingerprint density at radius 1 is 1.00 bits per heavy atom. The molecule has 4 atom stereocenters. The van der Waals surface area contributed by atoms with Crippen LogP contribution >= 0.6 is 0 Å². The first-order chi connectivity index (χ1) is 11.5. The maximum atomic E-state index is 12.4. The summed E-state index contributed by atoms with van der Waals surface area (Å²) in [5.74, 6) is -4.02. The van der Waals surface area contributed by atoms with Crippen molar-refractivity contribution in [3.8, 4) is 0 Å². The lowest BCUT2D eigenvalue weighted by Crippen LogP contribution is -2.56. The monoisotopic (exact) mass is 359 g/mol. The highest BCUT2D eigenvalue weighted by atomic mass is 16.4. The second kappa shape index (κ2) is 10.7. The van der Waals surface area contributed by atoms with Gasteiger partial charge in [0.05, 0.1) is 12.5 Å². The van der Waals surface area contributed by atoms with Gasteiger partial charge in [0.15, 0.2) is 0 Å². The number of nitrogens with one attached hydrogen (secondary N) is 2. The SMILES string of the molecule is CCC(C)C(NC(=O)C(CC(C)C)NC(=O)C(N)CC(=O)O)C(=O)O. The lowest BCUT2D eigenvalue weighted by Gasteiger charge is -2.26. The van der Waals surface area contributed by atoms with E-state index in [1.54, 1.807) is 6.92 Å². The fraction of sp³-hybridized carbons (Fsp3) is 0.750. The Labute approximate surface area is 147 Å². The molecule has 25 heavy (non-hydrogen) atoms. The van der Waals surface area contributed by atoms with Gasteiger partial charge in [-0.05, 0) is 18.3 Å². The third kappa shape index (κ3) is 8.48. The van der Waals surface area contributed by atoms with Gasteiger partial charge in [-0.1, -0.05) is 34.1 Å². The largest absolute Gasteiger partial charge is 0.481 e. The van der Waals surface area contributed by atoms with E-state index in [1.807, 2.05) is 20.8 Å².